The van der Waals surface area contributed by atoms with Crippen LogP contribution in [0, 0.1) is 5.41 Å². The van der Waals surface area contributed by atoms with Crippen LogP contribution in [0.4, 0.5) is 0 Å². The molecule has 20 heavy (non-hydrogen) atoms. The van der Waals surface area contributed by atoms with Gasteiger partial charge in [0, 0.05) is 5.56 Å². The fraction of sp³-hybridized carbons (Fsp3) is 0.429. The highest BCUT2D eigenvalue weighted by Crippen LogP contribution is 2.32. The molecule has 0 unspecified atom stereocenters. The molecule has 1 aromatic rings. The van der Waals surface area contributed by atoms with Crippen LogP contribution in [0.3, 0.4) is 0 Å². The highest BCUT2D eigenvalue weighted by molar-refractivity contribution is 5.97. The summed E-state index contributed by atoms with van der Waals surface area (Å²) in [6.07, 6.45) is 0. The molecule has 0 bridgehead atoms. The van der Waals surface area contributed by atoms with Gasteiger partial charge in [0.1, 0.15) is 6.04 Å². The summed E-state index contributed by atoms with van der Waals surface area (Å²) in [4.78, 5) is 23.4. The van der Waals surface area contributed by atoms with Gasteiger partial charge in [-0.15, -0.1) is 0 Å². The van der Waals surface area contributed by atoms with Crippen molar-refractivity contribution in [3.63, 3.8) is 0 Å². The van der Waals surface area contributed by atoms with E-state index in [-0.39, 0.29) is 6.79 Å². The van der Waals surface area contributed by atoms with E-state index < -0.39 is 23.3 Å². The van der Waals surface area contributed by atoms with E-state index in [1.54, 1.807) is 39.0 Å². The van der Waals surface area contributed by atoms with Gasteiger partial charge in [0.2, 0.25) is 6.79 Å². The van der Waals surface area contributed by atoms with Crippen LogP contribution in [-0.2, 0) is 4.79 Å². The Labute approximate surface area is 116 Å². The SMILES string of the molecule is CC(C)(C)[C@H](NC(=O)c1ccc2c(c1)OCO2)C(=O)O. The largest absolute Gasteiger partial charge is 0.480 e. The lowest BCUT2D eigenvalue weighted by molar-refractivity contribution is -0.142. The fourth-order valence-corrected chi connectivity index (χ4v) is 1.90. The van der Waals surface area contributed by atoms with E-state index in [0.717, 1.165) is 0 Å². The van der Waals surface area contributed by atoms with Gasteiger partial charge in [-0.3, -0.25) is 4.79 Å². The number of hydrogen-bond acceptors (Lipinski definition) is 4. The zero-order valence-corrected chi connectivity index (χ0v) is 11.6. The van der Waals surface area contributed by atoms with Crippen molar-refractivity contribution in [2.45, 2.75) is 26.8 Å². The van der Waals surface area contributed by atoms with Gasteiger partial charge < -0.3 is 19.9 Å². The Kier molecular flexibility index (Phi) is 3.57. The van der Waals surface area contributed by atoms with Gasteiger partial charge in [0.25, 0.3) is 5.91 Å². The standard InChI is InChI=1S/C14H17NO5/c1-14(2,3)11(13(17)18)15-12(16)8-4-5-9-10(6-8)20-7-19-9/h4-6,11H,7H2,1-3H3,(H,15,16)(H,17,18)/t11-/m1/s1. The highest BCUT2D eigenvalue weighted by Gasteiger charge is 2.33. The lowest BCUT2D eigenvalue weighted by Gasteiger charge is -2.27. The quantitative estimate of drug-likeness (QED) is 0.878. The van der Waals surface area contributed by atoms with Crippen LogP contribution in [0.2, 0.25) is 0 Å². The molecule has 0 saturated carbocycles. The summed E-state index contributed by atoms with van der Waals surface area (Å²) in [5.41, 5.74) is -0.248. The number of benzene rings is 1. The van der Waals surface area contributed by atoms with Gasteiger partial charge in [-0.1, -0.05) is 20.8 Å². The van der Waals surface area contributed by atoms with Gasteiger partial charge in [-0.05, 0) is 23.6 Å². The summed E-state index contributed by atoms with van der Waals surface area (Å²) in [5.74, 6) is -0.454. The van der Waals surface area contributed by atoms with Crippen LogP contribution in [0.15, 0.2) is 18.2 Å². The Morgan fingerprint density at radius 3 is 2.50 bits per heavy atom. The van der Waals surface area contributed by atoms with Gasteiger partial charge in [0.05, 0.1) is 0 Å². The maximum atomic E-state index is 12.1. The number of carbonyl (C=O) groups is 2. The number of aliphatic carboxylic acids is 1. The lowest BCUT2D eigenvalue weighted by Crippen LogP contribution is -2.49. The molecule has 0 saturated heterocycles. The molecular weight excluding hydrogens is 262 g/mol. The Bertz CT molecular complexity index is 547. The zero-order valence-electron chi connectivity index (χ0n) is 11.6. The number of carboxylic acid groups (broad SMARTS) is 1. The van der Waals surface area contributed by atoms with Crippen LogP contribution < -0.4 is 14.8 Å². The molecule has 0 spiro atoms. The predicted molar refractivity (Wildman–Crippen MR) is 70.9 cm³/mol. The molecule has 1 atom stereocenters. The highest BCUT2D eigenvalue weighted by atomic mass is 16.7. The number of rotatable bonds is 3. The van der Waals surface area contributed by atoms with E-state index >= 15 is 0 Å². The Balaban J connectivity index is 2.17. The first-order valence-electron chi connectivity index (χ1n) is 6.22. The van der Waals surface area contributed by atoms with Crippen LogP contribution >= 0.6 is 0 Å². The second-order valence-corrected chi connectivity index (χ2v) is 5.68. The number of carbonyl (C=O) groups excluding carboxylic acids is 1. The van der Waals surface area contributed by atoms with Crippen molar-refractivity contribution in [3.8, 4) is 11.5 Å². The first-order valence-corrected chi connectivity index (χ1v) is 6.22. The van der Waals surface area contributed by atoms with E-state index in [1.807, 2.05) is 0 Å². The summed E-state index contributed by atoms with van der Waals surface area (Å²) >= 11 is 0. The zero-order chi connectivity index (χ0) is 14.9. The van der Waals surface area contributed by atoms with Gasteiger partial charge in [-0.25, -0.2) is 4.79 Å². The van der Waals surface area contributed by atoms with Gasteiger partial charge >= 0.3 is 5.97 Å². The Morgan fingerprint density at radius 1 is 1.25 bits per heavy atom. The summed E-state index contributed by atoms with van der Waals surface area (Å²) in [5, 5.41) is 11.7. The van der Waals surface area contributed by atoms with Crippen molar-refractivity contribution in [3.05, 3.63) is 23.8 Å². The average molecular weight is 279 g/mol. The molecular formula is C14H17NO5. The molecule has 2 N–H and O–H groups in total. The normalized spacial score (nSPS) is 14.8. The third-order valence-electron chi connectivity index (χ3n) is 3.02. The number of amides is 1. The first-order chi connectivity index (χ1) is 9.29. The van der Waals surface area contributed by atoms with Crippen molar-refractivity contribution in [1.82, 2.24) is 5.32 Å². The predicted octanol–water partition coefficient (Wildman–Crippen LogP) is 1.64. The van der Waals surface area contributed by atoms with Gasteiger partial charge in [-0.2, -0.15) is 0 Å². The minimum atomic E-state index is -1.06. The topological polar surface area (TPSA) is 84.9 Å². The fourth-order valence-electron chi connectivity index (χ4n) is 1.90. The third kappa shape index (κ3) is 2.84. The molecule has 108 valence electrons. The Hall–Kier alpha value is -2.24. The Morgan fingerprint density at radius 2 is 1.90 bits per heavy atom. The van der Waals surface area contributed by atoms with Crippen molar-refractivity contribution in [2.75, 3.05) is 6.79 Å². The number of hydrogen-bond donors (Lipinski definition) is 2. The van der Waals surface area contributed by atoms with Crippen molar-refractivity contribution in [2.24, 2.45) is 5.41 Å². The summed E-state index contributed by atoms with van der Waals surface area (Å²) in [7, 11) is 0. The molecule has 1 amide bonds. The van der Waals surface area contributed by atoms with Crippen LogP contribution in [0.5, 0.6) is 11.5 Å². The summed E-state index contributed by atoms with van der Waals surface area (Å²) in [6, 6.07) is 3.77. The third-order valence-corrected chi connectivity index (χ3v) is 3.02. The summed E-state index contributed by atoms with van der Waals surface area (Å²) in [6.45, 7) is 5.39. The molecule has 6 nitrogen and oxygen atoms in total. The number of ether oxygens (including phenoxy) is 2. The number of carboxylic acids is 1. The second kappa shape index (κ2) is 5.03. The maximum Gasteiger partial charge on any atom is 0.326 e. The molecule has 0 radical (unpaired) electrons. The molecule has 1 aliphatic rings. The monoisotopic (exact) mass is 279 g/mol. The average Bonchev–Trinajstić information content (AvgIpc) is 2.80. The maximum absolute atomic E-state index is 12.1. The lowest BCUT2D eigenvalue weighted by atomic mass is 9.86. The van der Waals surface area contributed by atoms with Crippen molar-refractivity contribution < 1.29 is 24.2 Å². The molecule has 0 fully saturated rings. The second-order valence-electron chi connectivity index (χ2n) is 5.68. The molecule has 1 aliphatic heterocycles. The first kappa shape index (κ1) is 14.2. The van der Waals surface area contributed by atoms with Gasteiger partial charge in [0.15, 0.2) is 11.5 Å². The van der Waals surface area contributed by atoms with Crippen molar-refractivity contribution >= 4 is 11.9 Å². The number of nitrogens with one attached hydrogen (secondary N) is 1. The molecule has 1 aromatic carbocycles. The van der Waals surface area contributed by atoms with E-state index in [4.69, 9.17) is 9.47 Å². The minimum absolute atomic E-state index is 0.125. The smallest absolute Gasteiger partial charge is 0.326 e. The van der Waals surface area contributed by atoms with E-state index in [9.17, 15) is 14.7 Å². The molecule has 6 heteroatoms. The molecule has 2 rings (SSSR count). The van der Waals surface area contributed by atoms with E-state index in [1.165, 1.54) is 0 Å². The molecule has 0 aliphatic carbocycles. The molecule has 0 aromatic heterocycles. The minimum Gasteiger partial charge on any atom is -0.480 e. The van der Waals surface area contributed by atoms with Crippen molar-refractivity contribution in [1.29, 1.82) is 0 Å². The van der Waals surface area contributed by atoms with E-state index in [0.29, 0.717) is 17.1 Å². The number of fused-ring (bicyclic) bond motifs is 1. The van der Waals surface area contributed by atoms with Crippen LogP contribution in [-0.4, -0.2) is 29.8 Å². The van der Waals surface area contributed by atoms with Crippen LogP contribution in [0.25, 0.3) is 0 Å². The van der Waals surface area contributed by atoms with Crippen LogP contribution in [0.1, 0.15) is 31.1 Å². The van der Waals surface area contributed by atoms with E-state index in [2.05, 4.69) is 5.32 Å². The summed E-state index contributed by atoms with van der Waals surface area (Å²) < 4.78 is 10.3. The molecule has 1 heterocycles.